The molecule has 0 saturated carbocycles. The number of nitrogens with zero attached hydrogens (tertiary/aromatic N) is 5. The van der Waals surface area contributed by atoms with Crippen LogP contribution in [0.2, 0.25) is 0 Å². The molecule has 0 spiro atoms. The smallest absolute Gasteiger partial charge is 0.269 e. The van der Waals surface area contributed by atoms with Crippen LogP contribution in [0.3, 0.4) is 0 Å². The van der Waals surface area contributed by atoms with Crippen LogP contribution in [0.15, 0.2) is 66.0 Å². The maximum atomic E-state index is 13.9. The third-order valence-electron chi connectivity index (χ3n) is 7.87. The van der Waals surface area contributed by atoms with Gasteiger partial charge in [0.15, 0.2) is 5.65 Å². The standard InChI is InChI=1S/C31H37N7O3S/c1-20-8-10-25(11-9-20)42(39,40)38-18-26(24-12-14-41-15-13-24)29-30(32-19-33-31(29)38)35-23(4)27-6-5-7-28(36-27)37-16-21(2)34-22(3)17-37/h5-12,18-19,21-23,34H,13-17H2,1-4H3,(H,32,33,35)/t21-,22+,23?. The van der Waals surface area contributed by atoms with Crippen molar-refractivity contribution in [1.29, 1.82) is 0 Å². The van der Waals surface area contributed by atoms with Crippen LogP contribution in [0.5, 0.6) is 0 Å². The van der Waals surface area contributed by atoms with Crippen LogP contribution in [0.1, 0.15) is 50.1 Å². The molecule has 2 aliphatic heterocycles. The first kappa shape index (κ1) is 28.3. The number of anilines is 2. The second-order valence-corrected chi connectivity index (χ2v) is 13.1. The first-order chi connectivity index (χ1) is 20.2. The lowest BCUT2D eigenvalue weighted by Gasteiger charge is -2.37. The highest BCUT2D eigenvalue weighted by Gasteiger charge is 2.27. The number of benzene rings is 1. The number of fused-ring (bicyclic) bond motifs is 1. The van der Waals surface area contributed by atoms with E-state index in [4.69, 9.17) is 9.72 Å². The van der Waals surface area contributed by atoms with Gasteiger partial charge in [-0.25, -0.2) is 27.3 Å². The van der Waals surface area contributed by atoms with Gasteiger partial charge >= 0.3 is 0 Å². The molecule has 4 aromatic rings. The zero-order valence-corrected chi connectivity index (χ0v) is 25.2. The van der Waals surface area contributed by atoms with Gasteiger partial charge in [0.25, 0.3) is 10.0 Å². The number of aromatic nitrogens is 4. The summed E-state index contributed by atoms with van der Waals surface area (Å²) in [5.74, 6) is 1.50. The minimum Gasteiger partial charge on any atom is -0.377 e. The van der Waals surface area contributed by atoms with E-state index in [1.807, 2.05) is 32.1 Å². The van der Waals surface area contributed by atoms with E-state index in [-0.39, 0.29) is 10.9 Å². The Hall–Kier alpha value is -3.80. The van der Waals surface area contributed by atoms with Gasteiger partial charge in [0.2, 0.25) is 0 Å². The Morgan fingerprint density at radius 3 is 2.55 bits per heavy atom. The highest BCUT2D eigenvalue weighted by Crippen LogP contribution is 2.36. The van der Waals surface area contributed by atoms with Crippen LogP contribution >= 0.6 is 0 Å². The van der Waals surface area contributed by atoms with E-state index in [9.17, 15) is 8.42 Å². The molecule has 2 N–H and O–H groups in total. The van der Waals surface area contributed by atoms with Crippen LogP contribution in [0, 0.1) is 6.92 Å². The summed E-state index contributed by atoms with van der Waals surface area (Å²) < 4.78 is 34.6. The first-order valence-corrected chi connectivity index (χ1v) is 15.8. The molecule has 1 unspecified atom stereocenters. The van der Waals surface area contributed by atoms with E-state index in [1.165, 1.54) is 10.3 Å². The van der Waals surface area contributed by atoms with Crippen molar-refractivity contribution in [2.45, 2.75) is 57.1 Å². The Kier molecular flexibility index (Phi) is 7.73. The first-order valence-electron chi connectivity index (χ1n) is 14.4. The van der Waals surface area contributed by atoms with E-state index >= 15 is 0 Å². The Morgan fingerprint density at radius 1 is 1.07 bits per heavy atom. The second kappa shape index (κ2) is 11.5. The van der Waals surface area contributed by atoms with Crippen molar-refractivity contribution < 1.29 is 13.2 Å². The van der Waals surface area contributed by atoms with E-state index in [0.29, 0.717) is 48.6 Å². The van der Waals surface area contributed by atoms with E-state index in [0.717, 1.165) is 41.3 Å². The monoisotopic (exact) mass is 587 g/mol. The number of piperazine rings is 1. The summed E-state index contributed by atoms with van der Waals surface area (Å²) in [4.78, 5) is 16.6. The number of ether oxygens (including phenoxy) is 1. The maximum absolute atomic E-state index is 13.9. The Morgan fingerprint density at radius 2 is 1.83 bits per heavy atom. The van der Waals surface area contributed by atoms with Crippen LogP contribution in [-0.2, 0) is 14.8 Å². The Labute approximate surface area is 246 Å². The van der Waals surface area contributed by atoms with Gasteiger partial charge in [-0.1, -0.05) is 29.8 Å². The summed E-state index contributed by atoms with van der Waals surface area (Å²) >= 11 is 0. The van der Waals surface area contributed by atoms with Crippen molar-refractivity contribution in [1.82, 2.24) is 24.2 Å². The molecule has 3 atom stereocenters. The minimum absolute atomic E-state index is 0.200. The van der Waals surface area contributed by atoms with Gasteiger partial charge in [-0.3, -0.25) is 0 Å². The van der Waals surface area contributed by atoms with Crippen molar-refractivity contribution in [3.8, 4) is 0 Å². The van der Waals surface area contributed by atoms with Gasteiger partial charge in [0.05, 0.1) is 35.2 Å². The third kappa shape index (κ3) is 5.51. The fourth-order valence-electron chi connectivity index (χ4n) is 5.82. The molecular formula is C31H37N7O3S. The minimum atomic E-state index is -3.91. The molecule has 1 aromatic carbocycles. The van der Waals surface area contributed by atoms with Gasteiger partial charge in [-0.2, -0.15) is 0 Å². The Bertz CT molecular complexity index is 1720. The topological polar surface area (TPSA) is 114 Å². The van der Waals surface area contributed by atoms with Crippen LogP contribution < -0.4 is 15.5 Å². The molecule has 5 heterocycles. The molecule has 0 radical (unpaired) electrons. The van der Waals surface area contributed by atoms with E-state index in [2.05, 4.69) is 45.4 Å². The number of nitrogens with one attached hydrogen (secondary N) is 2. The summed E-state index contributed by atoms with van der Waals surface area (Å²) in [6, 6.07) is 13.5. The summed E-state index contributed by atoms with van der Waals surface area (Å²) in [5.41, 5.74) is 3.98. The van der Waals surface area contributed by atoms with E-state index < -0.39 is 10.0 Å². The quantitative estimate of drug-likeness (QED) is 0.322. The number of pyridine rings is 1. The van der Waals surface area contributed by atoms with Gasteiger partial charge in [-0.15, -0.1) is 0 Å². The molecule has 220 valence electrons. The SMILES string of the molecule is Cc1ccc(S(=O)(=O)n2cc(C3=CCOCC3)c3c(NC(C)c4cccc(N5C[C@@H](C)N[C@@H](C)C5)n4)ncnc32)cc1. The summed E-state index contributed by atoms with van der Waals surface area (Å²) in [7, 11) is -3.91. The number of hydrogen-bond acceptors (Lipinski definition) is 9. The predicted molar refractivity (Wildman–Crippen MR) is 165 cm³/mol. The lowest BCUT2D eigenvalue weighted by atomic mass is 10.0. The average molecular weight is 588 g/mol. The molecule has 11 heteroatoms. The van der Waals surface area contributed by atoms with Crippen LogP contribution in [-0.4, -0.2) is 65.7 Å². The molecule has 6 rings (SSSR count). The van der Waals surface area contributed by atoms with Crippen molar-refractivity contribution in [3.05, 3.63) is 77.9 Å². The normalized spacial score (nSPS) is 20.4. The molecule has 1 saturated heterocycles. The number of rotatable bonds is 7. The highest BCUT2D eigenvalue weighted by atomic mass is 32.2. The molecule has 42 heavy (non-hydrogen) atoms. The van der Waals surface area contributed by atoms with Gasteiger partial charge in [-0.05, 0) is 64.0 Å². The molecule has 0 bridgehead atoms. The molecule has 3 aromatic heterocycles. The van der Waals surface area contributed by atoms with Crippen molar-refractivity contribution in [3.63, 3.8) is 0 Å². The van der Waals surface area contributed by atoms with Crippen LogP contribution in [0.4, 0.5) is 11.6 Å². The zero-order valence-electron chi connectivity index (χ0n) is 24.4. The second-order valence-electron chi connectivity index (χ2n) is 11.3. The van der Waals surface area contributed by atoms with Gasteiger partial charge in [0.1, 0.15) is 18.0 Å². The lowest BCUT2D eigenvalue weighted by molar-refractivity contribution is 0.161. The maximum Gasteiger partial charge on any atom is 0.269 e. The van der Waals surface area contributed by atoms with Gasteiger partial charge < -0.3 is 20.3 Å². The molecule has 2 aliphatic rings. The van der Waals surface area contributed by atoms with Crippen molar-refractivity contribution >= 4 is 38.3 Å². The largest absolute Gasteiger partial charge is 0.377 e. The van der Waals surface area contributed by atoms with Crippen molar-refractivity contribution in [2.75, 3.05) is 36.5 Å². The summed E-state index contributed by atoms with van der Waals surface area (Å²) in [6.45, 7) is 11.2. The predicted octanol–water partition coefficient (Wildman–Crippen LogP) is 4.54. The van der Waals surface area contributed by atoms with E-state index in [1.54, 1.807) is 30.5 Å². The number of aryl methyl sites for hydroxylation is 1. The average Bonchev–Trinajstić information content (AvgIpc) is 3.39. The van der Waals surface area contributed by atoms with Crippen LogP contribution in [0.25, 0.3) is 16.6 Å². The zero-order chi connectivity index (χ0) is 29.4. The molecular weight excluding hydrogens is 550 g/mol. The summed E-state index contributed by atoms with van der Waals surface area (Å²) in [5, 5.41) is 7.76. The fourth-order valence-corrected chi connectivity index (χ4v) is 7.13. The molecule has 10 nitrogen and oxygen atoms in total. The highest BCUT2D eigenvalue weighted by molar-refractivity contribution is 7.90. The van der Waals surface area contributed by atoms with Gasteiger partial charge in [0, 0.05) is 36.9 Å². The fraction of sp³-hybridized carbons (Fsp3) is 0.387. The molecule has 0 aliphatic carbocycles. The molecule has 0 amide bonds. The number of hydrogen-bond donors (Lipinski definition) is 2. The third-order valence-corrected chi connectivity index (χ3v) is 9.54. The lowest BCUT2D eigenvalue weighted by Crippen LogP contribution is -2.54. The summed E-state index contributed by atoms with van der Waals surface area (Å²) in [6.07, 6.45) is 5.75. The molecule has 1 fully saturated rings. The van der Waals surface area contributed by atoms with Crippen molar-refractivity contribution in [2.24, 2.45) is 0 Å². The Balaban J connectivity index is 1.40.